The molecule has 47 heavy (non-hydrogen) atoms. The second-order valence-electron chi connectivity index (χ2n) is 11.6. The zero-order chi connectivity index (χ0) is 33.8. The topological polar surface area (TPSA) is 80.7 Å². The van der Waals surface area contributed by atoms with E-state index in [1.165, 1.54) is 24.3 Å². The molecule has 0 amide bonds. The van der Waals surface area contributed by atoms with Crippen molar-refractivity contribution in [1.82, 2.24) is 0 Å². The number of alkyl halides is 3. The molecule has 242 valence electrons. The van der Waals surface area contributed by atoms with Crippen LogP contribution in [0.15, 0.2) is 120 Å². The van der Waals surface area contributed by atoms with Gasteiger partial charge >= 0.3 is 12.1 Å². The number of aryl methyl sites for hydroxylation is 2. The largest absolute Gasteiger partial charge is 0.478 e. The Bertz CT molecular complexity index is 1970. The maximum atomic E-state index is 13.5. The second-order valence-corrected chi connectivity index (χ2v) is 13.6. The fourth-order valence-electron chi connectivity index (χ4n) is 5.38. The molecule has 0 saturated carbocycles. The van der Waals surface area contributed by atoms with Gasteiger partial charge in [0.1, 0.15) is 11.5 Å². The third-order valence-electron chi connectivity index (χ3n) is 7.86. The number of halogens is 3. The maximum Gasteiger partial charge on any atom is 0.416 e. The summed E-state index contributed by atoms with van der Waals surface area (Å²) in [5, 5.41) is 10.1. The Balaban J connectivity index is 1.37. The van der Waals surface area contributed by atoms with Gasteiger partial charge in [-0.25, -0.2) is 13.2 Å². The Kier molecular flexibility index (Phi) is 9.86. The minimum absolute atomic E-state index is 0.0464. The first-order valence-corrected chi connectivity index (χ1v) is 16.7. The van der Waals surface area contributed by atoms with Gasteiger partial charge in [-0.05, 0) is 101 Å². The Morgan fingerprint density at radius 2 is 1.40 bits per heavy atom. The molecule has 0 aliphatic carbocycles. The van der Waals surface area contributed by atoms with Crippen molar-refractivity contribution >= 4 is 15.8 Å². The lowest BCUT2D eigenvalue weighted by Crippen LogP contribution is -2.12. The number of aromatic carboxylic acids is 1. The van der Waals surface area contributed by atoms with Gasteiger partial charge in [0.25, 0.3) is 0 Å². The van der Waals surface area contributed by atoms with Crippen LogP contribution < -0.4 is 4.74 Å². The molecule has 5 rings (SSSR count). The normalized spacial score (nSPS) is 11.9. The number of ether oxygens (including phenoxy) is 1. The van der Waals surface area contributed by atoms with E-state index >= 15 is 0 Å². The number of para-hydroxylation sites is 1. The van der Waals surface area contributed by atoms with Crippen molar-refractivity contribution in [1.29, 1.82) is 0 Å². The number of hydrogen-bond donors (Lipinski definition) is 1. The monoisotopic (exact) mass is 658 g/mol. The average Bonchev–Trinajstić information content (AvgIpc) is 3.04. The minimum atomic E-state index is -4.40. The number of benzene rings is 5. The Morgan fingerprint density at radius 3 is 2.02 bits per heavy atom. The zero-order valence-corrected chi connectivity index (χ0v) is 26.6. The van der Waals surface area contributed by atoms with Crippen molar-refractivity contribution in [3.63, 3.8) is 0 Å². The van der Waals surface area contributed by atoms with Crippen molar-refractivity contribution in [3.05, 3.63) is 149 Å². The first-order chi connectivity index (χ1) is 22.3. The molecule has 9 heteroatoms. The lowest BCUT2D eigenvalue weighted by Gasteiger charge is -2.18. The molecule has 0 spiro atoms. The number of rotatable bonds is 11. The summed E-state index contributed by atoms with van der Waals surface area (Å²) in [7, 11) is -3.91. The van der Waals surface area contributed by atoms with Crippen LogP contribution in [0, 0.1) is 0 Å². The molecule has 0 saturated heterocycles. The summed E-state index contributed by atoms with van der Waals surface area (Å²) < 4.78 is 72.0. The summed E-state index contributed by atoms with van der Waals surface area (Å²) >= 11 is 0. The van der Waals surface area contributed by atoms with E-state index in [1.54, 1.807) is 36.4 Å². The van der Waals surface area contributed by atoms with Gasteiger partial charge in [0.2, 0.25) is 0 Å². The highest BCUT2D eigenvalue weighted by Gasteiger charge is 2.30. The molecule has 0 radical (unpaired) electrons. The van der Waals surface area contributed by atoms with Crippen LogP contribution in [0.25, 0.3) is 11.1 Å². The first-order valence-electron chi connectivity index (χ1n) is 15.0. The highest BCUT2D eigenvalue weighted by molar-refractivity contribution is 7.90. The Morgan fingerprint density at radius 1 is 0.766 bits per heavy atom. The van der Waals surface area contributed by atoms with Crippen LogP contribution in [-0.4, -0.2) is 19.5 Å². The molecule has 0 fully saturated rings. The van der Waals surface area contributed by atoms with E-state index < -0.39 is 33.3 Å². The van der Waals surface area contributed by atoms with E-state index in [-0.39, 0.29) is 21.9 Å². The molecular formula is C38H33F3O5S. The van der Waals surface area contributed by atoms with Crippen LogP contribution in [0.5, 0.6) is 11.5 Å². The summed E-state index contributed by atoms with van der Waals surface area (Å²) in [5.74, 6) is -0.711. The molecule has 5 aromatic carbocycles. The summed E-state index contributed by atoms with van der Waals surface area (Å²) in [6.45, 7) is 3.90. The molecule has 0 unspecified atom stereocenters. The summed E-state index contributed by atoms with van der Waals surface area (Å²) in [6.07, 6.45) is -3.45. The number of carboxylic acid groups (broad SMARTS) is 1. The Hall–Kier alpha value is -4.89. The lowest BCUT2D eigenvalue weighted by atomic mass is 9.88. The third-order valence-corrected chi connectivity index (χ3v) is 9.54. The van der Waals surface area contributed by atoms with Crippen molar-refractivity contribution in [2.24, 2.45) is 0 Å². The minimum Gasteiger partial charge on any atom is -0.478 e. The third kappa shape index (κ3) is 8.29. The van der Waals surface area contributed by atoms with Crippen LogP contribution in [0.1, 0.15) is 57.9 Å². The van der Waals surface area contributed by atoms with Gasteiger partial charge < -0.3 is 9.84 Å². The fraction of sp³-hybridized carbons (Fsp3) is 0.184. The van der Waals surface area contributed by atoms with Crippen LogP contribution >= 0.6 is 0 Å². The maximum absolute atomic E-state index is 13.5. The first kappa shape index (κ1) is 33.5. The molecule has 0 bridgehead atoms. The SMILES string of the molecule is CC(C)c1cc(CS(=O)(=O)c2ccc(Oc3ccccc3)cc2)c(C(=O)O)cc1-c1ccc(CCc2cccc(C(F)(F)F)c2)cc1. The van der Waals surface area contributed by atoms with Gasteiger partial charge in [-0.2, -0.15) is 13.2 Å². The predicted octanol–water partition coefficient (Wildman–Crippen LogP) is 9.75. The molecule has 5 nitrogen and oxygen atoms in total. The summed E-state index contributed by atoms with van der Waals surface area (Å²) in [6, 6.07) is 31.0. The van der Waals surface area contributed by atoms with Gasteiger partial charge in [0, 0.05) is 0 Å². The molecule has 0 atom stereocenters. The number of carboxylic acids is 1. The van der Waals surface area contributed by atoms with E-state index in [9.17, 15) is 31.5 Å². The van der Waals surface area contributed by atoms with Crippen molar-refractivity contribution in [3.8, 4) is 22.6 Å². The van der Waals surface area contributed by atoms with Gasteiger partial charge in [-0.3, -0.25) is 0 Å². The van der Waals surface area contributed by atoms with Gasteiger partial charge in [-0.15, -0.1) is 0 Å². The standard InChI is InChI=1S/C38H33F3O5S/c1-25(2)34-22-29(24-47(44,45)33-19-17-32(18-20-33)46-31-9-4-3-5-10-31)36(37(42)43)23-35(34)28-15-13-26(14-16-28)11-12-27-7-6-8-30(21-27)38(39,40)41/h3-10,13-23,25H,11-12,24H2,1-2H3,(H,42,43). The zero-order valence-electron chi connectivity index (χ0n) is 25.8. The molecule has 0 aromatic heterocycles. The van der Waals surface area contributed by atoms with Crippen LogP contribution in [-0.2, 0) is 34.6 Å². The van der Waals surface area contributed by atoms with E-state index in [2.05, 4.69) is 0 Å². The van der Waals surface area contributed by atoms with Gasteiger partial charge in [0.05, 0.1) is 21.8 Å². The van der Waals surface area contributed by atoms with E-state index in [4.69, 9.17) is 4.74 Å². The van der Waals surface area contributed by atoms with Crippen molar-refractivity contribution < 1.29 is 36.2 Å². The average molecular weight is 659 g/mol. The molecule has 0 aliphatic heterocycles. The quantitative estimate of drug-likeness (QED) is 0.153. The molecule has 0 heterocycles. The number of hydrogen-bond acceptors (Lipinski definition) is 4. The van der Waals surface area contributed by atoms with E-state index in [1.807, 2.05) is 56.3 Å². The van der Waals surface area contributed by atoms with Crippen LogP contribution in [0.3, 0.4) is 0 Å². The van der Waals surface area contributed by atoms with Crippen molar-refractivity contribution in [2.45, 2.75) is 49.4 Å². The molecule has 0 aliphatic rings. The number of sulfone groups is 1. The van der Waals surface area contributed by atoms with Crippen molar-refractivity contribution in [2.75, 3.05) is 0 Å². The molecular weight excluding hydrogens is 625 g/mol. The van der Waals surface area contributed by atoms with E-state index in [0.717, 1.165) is 28.8 Å². The van der Waals surface area contributed by atoms with Gasteiger partial charge in [0.15, 0.2) is 9.84 Å². The van der Waals surface area contributed by atoms with E-state index in [0.29, 0.717) is 35.5 Å². The molecule has 5 aromatic rings. The summed E-state index contributed by atoms with van der Waals surface area (Å²) in [4.78, 5) is 12.5. The summed E-state index contributed by atoms with van der Waals surface area (Å²) in [5.41, 5.74) is 3.12. The van der Waals surface area contributed by atoms with Crippen LogP contribution in [0.4, 0.5) is 13.2 Å². The smallest absolute Gasteiger partial charge is 0.416 e. The lowest BCUT2D eigenvalue weighted by molar-refractivity contribution is -0.137. The highest BCUT2D eigenvalue weighted by Crippen LogP contribution is 2.35. The van der Waals surface area contributed by atoms with Gasteiger partial charge in [-0.1, -0.05) is 80.6 Å². The second kappa shape index (κ2) is 13.8. The highest BCUT2D eigenvalue weighted by atomic mass is 32.2. The van der Waals surface area contributed by atoms with Crippen LogP contribution in [0.2, 0.25) is 0 Å². The Labute approximate surface area is 272 Å². The molecule has 1 N–H and O–H groups in total. The number of carbonyl (C=O) groups is 1. The predicted molar refractivity (Wildman–Crippen MR) is 176 cm³/mol. The fourth-order valence-corrected chi connectivity index (χ4v) is 6.75.